The van der Waals surface area contributed by atoms with Gasteiger partial charge in [-0.2, -0.15) is 0 Å². The molecule has 0 saturated carbocycles. The monoisotopic (exact) mass is 464 g/mol. The van der Waals surface area contributed by atoms with Crippen LogP contribution in [0.2, 0.25) is 0 Å². The number of nitrogens with one attached hydrogen (secondary N) is 2. The van der Waals surface area contributed by atoms with Gasteiger partial charge in [0.1, 0.15) is 18.1 Å². The van der Waals surface area contributed by atoms with Crippen LogP contribution in [-0.2, 0) is 11.2 Å². The van der Waals surface area contributed by atoms with E-state index in [1.807, 2.05) is 49.4 Å². The molecule has 0 aliphatic carbocycles. The highest BCUT2D eigenvalue weighted by molar-refractivity contribution is 7.80. The summed E-state index contributed by atoms with van der Waals surface area (Å²) in [6, 6.07) is 24.5. The Labute approximate surface area is 199 Å². The van der Waals surface area contributed by atoms with Gasteiger partial charge in [0.05, 0.1) is 13.2 Å². The lowest BCUT2D eigenvalue weighted by Crippen LogP contribution is -2.34. The topological polar surface area (TPSA) is 68.8 Å². The number of thiocarbonyl (C=S) groups is 1. The van der Waals surface area contributed by atoms with Crippen molar-refractivity contribution < 1.29 is 19.0 Å². The second-order valence-electron chi connectivity index (χ2n) is 7.09. The second-order valence-corrected chi connectivity index (χ2v) is 7.49. The fourth-order valence-electron chi connectivity index (χ4n) is 2.97. The van der Waals surface area contributed by atoms with Gasteiger partial charge >= 0.3 is 0 Å². The molecule has 1 amide bonds. The van der Waals surface area contributed by atoms with Gasteiger partial charge in [0.15, 0.2) is 5.11 Å². The zero-order valence-electron chi connectivity index (χ0n) is 18.6. The normalized spacial score (nSPS) is 10.3. The predicted molar refractivity (Wildman–Crippen MR) is 134 cm³/mol. The van der Waals surface area contributed by atoms with Gasteiger partial charge in [0.2, 0.25) is 0 Å². The van der Waals surface area contributed by atoms with Gasteiger partial charge in [-0.15, -0.1) is 0 Å². The predicted octanol–water partition coefficient (Wildman–Crippen LogP) is 4.85. The number of benzene rings is 3. The third-order valence-electron chi connectivity index (χ3n) is 4.66. The maximum atomic E-state index is 12.4. The molecule has 3 aromatic carbocycles. The maximum absolute atomic E-state index is 12.4. The Morgan fingerprint density at radius 3 is 2.12 bits per heavy atom. The highest BCUT2D eigenvalue weighted by Crippen LogP contribution is 2.16. The van der Waals surface area contributed by atoms with Crippen molar-refractivity contribution in [1.82, 2.24) is 5.32 Å². The van der Waals surface area contributed by atoms with Crippen molar-refractivity contribution in [3.63, 3.8) is 0 Å². The van der Waals surface area contributed by atoms with Crippen LogP contribution < -0.4 is 20.1 Å². The summed E-state index contributed by atoms with van der Waals surface area (Å²) in [5, 5.41) is 5.91. The molecule has 0 bridgehead atoms. The third-order valence-corrected chi connectivity index (χ3v) is 4.86. The smallest absolute Gasteiger partial charge is 0.257 e. The third kappa shape index (κ3) is 8.56. The molecule has 0 aliphatic heterocycles. The molecule has 0 spiro atoms. The van der Waals surface area contributed by atoms with E-state index in [9.17, 15) is 4.79 Å². The van der Waals surface area contributed by atoms with E-state index in [1.54, 1.807) is 24.3 Å². The van der Waals surface area contributed by atoms with Crippen LogP contribution in [0, 0.1) is 0 Å². The van der Waals surface area contributed by atoms with Crippen LogP contribution in [0.25, 0.3) is 0 Å². The van der Waals surface area contributed by atoms with Crippen LogP contribution in [0.15, 0.2) is 78.9 Å². The van der Waals surface area contributed by atoms with E-state index in [-0.39, 0.29) is 11.0 Å². The number of anilines is 1. The first kappa shape index (κ1) is 24.2. The first-order chi connectivity index (χ1) is 16.1. The van der Waals surface area contributed by atoms with Crippen molar-refractivity contribution in [1.29, 1.82) is 0 Å². The summed E-state index contributed by atoms with van der Waals surface area (Å²) >= 11 is 5.26. The van der Waals surface area contributed by atoms with Gasteiger partial charge in [-0.25, -0.2) is 0 Å². The lowest BCUT2D eigenvalue weighted by molar-refractivity contribution is 0.0977. The number of carbonyl (C=O) groups is 1. The number of ether oxygens (including phenoxy) is 3. The van der Waals surface area contributed by atoms with Gasteiger partial charge in [-0.1, -0.05) is 30.3 Å². The highest BCUT2D eigenvalue weighted by atomic mass is 32.1. The fourth-order valence-corrected chi connectivity index (χ4v) is 3.18. The molecule has 0 atom stereocenters. The number of hydrogen-bond donors (Lipinski definition) is 2. The number of carbonyl (C=O) groups excluding carboxylic acids is 1. The first-order valence-corrected chi connectivity index (χ1v) is 11.2. The molecule has 3 aromatic rings. The summed E-state index contributed by atoms with van der Waals surface area (Å²) in [5.74, 6) is 1.15. The van der Waals surface area contributed by atoms with E-state index in [1.165, 1.54) is 5.56 Å². The van der Waals surface area contributed by atoms with E-state index in [0.29, 0.717) is 37.7 Å². The molecule has 2 N–H and O–H groups in total. The molecule has 0 aromatic heterocycles. The average molecular weight is 465 g/mol. The number of rotatable bonds is 11. The molecule has 0 fully saturated rings. The Morgan fingerprint density at radius 1 is 0.818 bits per heavy atom. The van der Waals surface area contributed by atoms with Gasteiger partial charge in [-0.3, -0.25) is 10.1 Å². The summed E-state index contributed by atoms with van der Waals surface area (Å²) in [6.45, 7) is 4.18. The molecular formula is C26H28N2O4S. The van der Waals surface area contributed by atoms with Crippen molar-refractivity contribution in [3.05, 3.63) is 90.0 Å². The Morgan fingerprint density at radius 2 is 1.45 bits per heavy atom. The molecule has 0 heterocycles. The molecule has 33 heavy (non-hydrogen) atoms. The van der Waals surface area contributed by atoms with Gasteiger partial charge in [0.25, 0.3) is 5.91 Å². The second kappa shape index (κ2) is 13.2. The standard InChI is InChI=1S/C26H28N2O4S/c1-2-30-18-19-32-23-12-8-21(9-13-23)25(29)28-26(33)27-22-10-14-24(15-11-22)31-17-16-20-6-4-3-5-7-20/h3-15H,2,16-19H2,1H3,(H2,27,28,29,33). The Hall–Kier alpha value is -3.42. The summed E-state index contributed by atoms with van der Waals surface area (Å²) < 4.78 is 16.6. The zero-order valence-corrected chi connectivity index (χ0v) is 19.4. The van der Waals surface area contributed by atoms with E-state index in [2.05, 4.69) is 22.8 Å². The summed E-state index contributed by atoms with van der Waals surface area (Å²) in [7, 11) is 0. The zero-order chi connectivity index (χ0) is 23.3. The molecule has 172 valence electrons. The van der Waals surface area contributed by atoms with Crippen molar-refractivity contribution in [3.8, 4) is 11.5 Å². The van der Waals surface area contributed by atoms with Gasteiger partial charge in [-0.05, 0) is 73.2 Å². The Balaban J connectivity index is 1.40. The quantitative estimate of drug-likeness (QED) is 0.312. The molecule has 0 unspecified atom stereocenters. The summed E-state index contributed by atoms with van der Waals surface area (Å²) in [4.78, 5) is 12.4. The Bertz CT molecular complexity index is 1010. The van der Waals surface area contributed by atoms with E-state index < -0.39 is 0 Å². The summed E-state index contributed by atoms with van der Waals surface area (Å²) in [5.41, 5.74) is 2.48. The maximum Gasteiger partial charge on any atom is 0.257 e. The molecular weight excluding hydrogens is 436 g/mol. The number of amides is 1. The van der Waals surface area contributed by atoms with Crippen LogP contribution in [0.1, 0.15) is 22.8 Å². The fraction of sp³-hybridized carbons (Fsp3) is 0.231. The summed E-state index contributed by atoms with van der Waals surface area (Å²) in [6.07, 6.45) is 0.845. The van der Waals surface area contributed by atoms with Crippen molar-refractivity contribution in [2.24, 2.45) is 0 Å². The first-order valence-electron chi connectivity index (χ1n) is 10.8. The minimum absolute atomic E-state index is 0.217. The lowest BCUT2D eigenvalue weighted by atomic mass is 10.2. The molecule has 3 rings (SSSR count). The van der Waals surface area contributed by atoms with Crippen LogP contribution in [-0.4, -0.2) is 37.4 Å². The molecule has 0 saturated heterocycles. The minimum Gasteiger partial charge on any atom is -0.493 e. The van der Waals surface area contributed by atoms with Crippen LogP contribution in [0.5, 0.6) is 11.5 Å². The molecule has 0 aliphatic rings. The van der Waals surface area contributed by atoms with Gasteiger partial charge < -0.3 is 19.5 Å². The molecule has 7 heteroatoms. The van der Waals surface area contributed by atoms with Crippen LogP contribution in [0.4, 0.5) is 5.69 Å². The largest absolute Gasteiger partial charge is 0.493 e. The number of hydrogen-bond acceptors (Lipinski definition) is 5. The SMILES string of the molecule is CCOCCOc1ccc(C(=O)NC(=S)Nc2ccc(OCCc3ccccc3)cc2)cc1. The molecule has 6 nitrogen and oxygen atoms in total. The van der Waals surface area contributed by atoms with Crippen LogP contribution >= 0.6 is 12.2 Å². The Kier molecular flexibility index (Phi) is 9.69. The lowest BCUT2D eigenvalue weighted by Gasteiger charge is -2.11. The van der Waals surface area contributed by atoms with E-state index >= 15 is 0 Å². The average Bonchev–Trinajstić information content (AvgIpc) is 2.84. The van der Waals surface area contributed by atoms with Crippen molar-refractivity contribution in [2.75, 3.05) is 31.7 Å². The van der Waals surface area contributed by atoms with E-state index in [4.69, 9.17) is 26.4 Å². The van der Waals surface area contributed by atoms with Crippen molar-refractivity contribution in [2.45, 2.75) is 13.3 Å². The van der Waals surface area contributed by atoms with E-state index in [0.717, 1.165) is 17.9 Å². The minimum atomic E-state index is -0.297. The van der Waals surface area contributed by atoms with Gasteiger partial charge in [0, 0.05) is 24.3 Å². The van der Waals surface area contributed by atoms with Crippen molar-refractivity contribution >= 4 is 28.9 Å². The van der Waals surface area contributed by atoms with Crippen LogP contribution in [0.3, 0.4) is 0 Å². The highest BCUT2D eigenvalue weighted by Gasteiger charge is 2.08. The molecule has 0 radical (unpaired) electrons.